The topological polar surface area (TPSA) is 47.1 Å². The number of nitrogens with one attached hydrogen (secondary N) is 1. The van der Waals surface area contributed by atoms with Crippen molar-refractivity contribution in [2.75, 3.05) is 12.5 Å². The van der Waals surface area contributed by atoms with Crippen LogP contribution in [0.1, 0.15) is 11.5 Å². The first-order chi connectivity index (χ1) is 8.78. The van der Waals surface area contributed by atoms with E-state index in [1.807, 2.05) is 25.1 Å². The van der Waals surface area contributed by atoms with E-state index in [0.717, 1.165) is 46.4 Å². The molecular weight excluding hydrogens is 248 g/mol. The highest BCUT2D eigenvalue weighted by molar-refractivity contribution is 7.80. The second-order valence-electron chi connectivity index (χ2n) is 4.20. The number of hydrogen-bond acceptors (Lipinski definition) is 4. The maximum Gasteiger partial charge on any atom is 0.231 e. The molecule has 0 atom stereocenters. The summed E-state index contributed by atoms with van der Waals surface area (Å²) in [6.07, 6.45) is 0.842. The van der Waals surface area contributed by atoms with Crippen LogP contribution in [0, 0.1) is 6.92 Å². The van der Waals surface area contributed by atoms with E-state index in [1.54, 1.807) is 0 Å². The van der Waals surface area contributed by atoms with E-state index in [4.69, 9.17) is 9.47 Å². The molecule has 2 aromatic rings. The van der Waals surface area contributed by atoms with Crippen molar-refractivity contribution in [1.82, 2.24) is 9.97 Å². The van der Waals surface area contributed by atoms with E-state index in [2.05, 4.69) is 22.6 Å². The molecule has 1 aromatic carbocycles. The van der Waals surface area contributed by atoms with Gasteiger partial charge in [0.25, 0.3) is 0 Å². The summed E-state index contributed by atoms with van der Waals surface area (Å²) in [7, 11) is 0. The third-order valence-corrected chi connectivity index (χ3v) is 3.15. The number of nitrogens with zero attached hydrogens (tertiary/aromatic N) is 1. The lowest BCUT2D eigenvalue weighted by Crippen LogP contribution is -1.92. The van der Waals surface area contributed by atoms with Crippen LogP contribution < -0.4 is 9.47 Å². The average molecular weight is 262 g/mol. The molecule has 94 valence electrons. The van der Waals surface area contributed by atoms with Gasteiger partial charge < -0.3 is 14.5 Å². The van der Waals surface area contributed by atoms with E-state index in [9.17, 15) is 0 Å². The molecule has 18 heavy (non-hydrogen) atoms. The number of hydrogen-bond donors (Lipinski definition) is 2. The van der Waals surface area contributed by atoms with Crippen LogP contribution in [-0.4, -0.2) is 22.5 Å². The van der Waals surface area contributed by atoms with Gasteiger partial charge in [-0.3, -0.25) is 0 Å². The fourth-order valence-corrected chi connectivity index (χ4v) is 2.28. The van der Waals surface area contributed by atoms with Gasteiger partial charge in [-0.2, -0.15) is 12.6 Å². The average Bonchev–Trinajstić information content (AvgIpc) is 2.95. The van der Waals surface area contributed by atoms with Crippen LogP contribution in [0.3, 0.4) is 0 Å². The second kappa shape index (κ2) is 4.57. The number of benzene rings is 1. The molecule has 0 unspecified atom stereocenters. The van der Waals surface area contributed by atoms with Gasteiger partial charge in [0.15, 0.2) is 11.5 Å². The minimum absolute atomic E-state index is 0.295. The maximum absolute atomic E-state index is 5.38. The SMILES string of the molecule is Cc1[nH]c(CCS)nc1-c1ccc2c(c1)OCO2. The Kier molecular flexibility index (Phi) is 2.91. The molecule has 4 nitrogen and oxygen atoms in total. The molecule has 1 N–H and O–H groups in total. The molecule has 0 saturated heterocycles. The minimum atomic E-state index is 0.295. The molecule has 2 heterocycles. The fraction of sp³-hybridized carbons (Fsp3) is 0.308. The van der Waals surface area contributed by atoms with Crippen molar-refractivity contribution in [3.63, 3.8) is 0 Å². The summed E-state index contributed by atoms with van der Waals surface area (Å²) < 4.78 is 10.7. The normalized spacial score (nSPS) is 13.0. The largest absolute Gasteiger partial charge is 0.454 e. The van der Waals surface area contributed by atoms with Crippen molar-refractivity contribution in [3.05, 3.63) is 29.7 Å². The van der Waals surface area contributed by atoms with E-state index in [0.29, 0.717) is 6.79 Å². The Bertz CT molecular complexity index is 580. The summed E-state index contributed by atoms with van der Waals surface area (Å²) >= 11 is 4.22. The van der Waals surface area contributed by atoms with Crippen molar-refractivity contribution in [2.24, 2.45) is 0 Å². The summed E-state index contributed by atoms with van der Waals surface area (Å²) in [5.41, 5.74) is 3.06. The van der Waals surface area contributed by atoms with E-state index in [1.165, 1.54) is 0 Å². The molecular formula is C13H14N2O2S. The highest BCUT2D eigenvalue weighted by atomic mass is 32.1. The van der Waals surface area contributed by atoms with Crippen molar-refractivity contribution in [3.8, 4) is 22.8 Å². The third kappa shape index (κ3) is 1.95. The first-order valence-corrected chi connectivity index (χ1v) is 6.47. The Labute approximate surface area is 111 Å². The molecule has 0 amide bonds. The molecule has 1 aliphatic rings. The van der Waals surface area contributed by atoms with Gasteiger partial charge >= 0.3 is 0 Å². The number of fused-ring (bicyclic) bond motifs is 1. The van der Waals surface area contributed by atoms with Crippen LogP contribution in [0.2, 0.25) is 0 Å². The van der Waals surface area contributed by atoms with Crippen molar-refractivity contribution < 1.29 is 9.47 Å². The number of rotatable bonds is 3. The molecule has 0 radical (unpaired) electrons. The number of imidazole rings is 1. The molecule has 0 spiro atoms. The highest BCUT2D eigenvalue weighted by Gasteiger charge is 2.16. The molecule has 0 fully saturated rings. The number of thiol groups is 1. The lowest BCUT2D eigenvalue weighted by atomic mass is 10.1. The summed E-state index contributed by atoms with van der Waals surface area (Å²) in [6.45, 7) is 2.32. The van der Waals surface area contributed by atoms with Gasteiger partial charge in [0.1, 0.15) is 5.82 Å². The van der Waals surface area contributed by atoms with Crippen LogP contribution in [-0.2, 0) is 6.42 Å². The van der Waals surface area contributed by atoms with E-state index >= 15 is 0 Å². The Balaban J connectivity index is 1.99. The summed E-state index contributed by atoms with van der Waals surface area (Å²) in [6, 6.07) is 5.89. The number of aromatic nitrogens is 2. The van der Waals surface area contributed by atoms with E-state index in [-0.39, 0.29) is 0 Å². The van der Waals surface area contributed by atoms with Crippen LogP contribution in [0.15, 0.2) is 18.2 Å². The zero-order chi connectivity index (χ0) is 12.5. The Morgan fingerprint density at radius 3 is 3.00 bits per heavy atom. The van der Waals surface area contributed by atoms with Gasteiger partial charge in [-0.15, -0.1) is 0 Å². The van der Waals surface area contributed by atoms with Crippen LogP contribution >= 0.6 is 12.6 Å². The number of aromatic amines is 1. The van der Waals surface area contributed by atoms with Gasteiger partial charge in [-0.1, -0.05) is 0 Å². The molecule has 1 aromatic heterocycles. The molecule has 1 aliphatic heterocycles. The fourth-order valence-electron chi connectivity index (χ4n) is 2.07. The standard InChI is InChI=1S/C13H14N2O2S/c1-8-13(15-12(14-8)4-5-18)9-2-3-10-11(6-9)17-7-16-10/h2-3,6,18H,4-5,7H2,1H3,(H,14,15). The summed E-state index contributed by atoms with van der Waals surface area (Å²) in [4.78, 5) is 7.87. The smallest absolute Gasteiger partial charge is 0.231 e. The predicted octanol–water partition coefficient (Wildman–Crippen LogP) is 2.59. The molecule has 3 rings (SSSR count). The molecule has 0 aliphatic carbocycles. The third-order valence-electron chi connectivity index (χ3n) is 2.93. The van der Waals surface area contributed by atoms with Crippen molar-refractivity contribution in [1.29, 1.82) is 0 Å². The minimum Gasteiger partial charge on any atom is -0.454 e. The van der Waals surface area contributed by atoms with Gasteiger partial charge in [-0.25, -0.2) is 4.98 Å². The zero-order valence-corrected chi connectivity index (χ0v) is 11.0. The summed E-state index contributed by atoms with van der Waals surface area (Å²) in [5.74, 6) is 3.33. The highest BCUT2D eigenvalue weighted by Crippen LogP contribution is 2.36. The van der Waals surface area contributed by atoms with Crippen LogP contribution in [0.25, 0.3) is 11.3 Å². The van der Waals surface area contributed by atoms with Crippen molar-refractivity contribution in [2.45, 2.75) is 13.3 Å². The van der Waals surface area contributed by atoms with Gasteiger partial charge in [0.05, 0.1) is 5.69 Å². The lowest BCUT2D eigenvalue weighted by molar-refractivity contribution is 0.174. The molecule has 0 saturated carbocycles. The molecule has 0 bridgehead atoms. The van der Waals surface area contributed by atoms with Gasteiger partial charge in [-0.05, 0) is 30.9 Å². The van der Waals surface area contributed by atoms with Crippen LogP contribution in [0.5, 0.6) is 11.5 Å². The van der Waals surface area contributed by atoms with Gasteiger partial charge in [0, 0.05) is 17.7 Å². The van der Waals surface area contributed by atoms with Crippen molar-refractivity contribution >= 4 is 12.6 Å². The Hall–Kier alpha value is -1.62. The number of ether oxygens (including phenoxy) is 2. The summed E-state index contributed by atoms with van der Waals surface area (Å²) in [5, 5.41) is 0. The monoisotopic (exact) mass is 262 g/mol. The Morgan fingerprint density at radius 1 is 1.33 bits per heavy atom. The Morgan fingerprint density at radius 2 is 2.17 bits per heavy atom. The quantitative estimate of drug-likeness (QED) is 0.836. The first kappa shape index (κ1) is 11.5. The zero-order valence-electron chi connectivity index (χ0n) is 10.1. The maximum atomic E-state index is 5.38. The van der Waals surface area contributed by atoms with Crippen LogP contribution in [0.4, 0.5) is 0 Å². The first-order valence-electron chi connectivity index (χ1n) is 5.84. The number of H-pyrrole nitrogens is 1. The predicted molar refractivity (Wildman–Crippen MR) is 72.4 cm³/mol. The molecule has 5 heteroatoms. The number of aryl methyl sites for hydroxylation is 2. The van der Waals surface area contributed by atoms with E-state index < -0.39 is 0 Å². The van der Waals surface area contributed by atoms with Gasteiger partial charge in [0.2, 0.25) is 6.79 Å². The second-order valence-corrected chi connectivity index (χ2v) is 4.65. The lowest BCUT2D eigenvalue weighted by Gasteiger charge is -2.00.